The van der Waals surface area contributed by atoms with Gasteiger partial charge in [-0.2, -0.15) is 5.10 Å². The Hall–Kier alpha value is -2.82. The van der Waals surface area contributed by atoms with Crippen molar-refractivity contribution in [3.05, 3.63) is 76.8 Å². The second kappa shape index (κ2) is 9.98. The molecule has 1 aromatic heterocycles. The van der Waals surface area contributed by atoms with E-state index in [1.807, 2.05) is 65.0 Å². The van der Waals surface area contributed by atoms with Gasteiger partial charge in [-0.3, -0.25) is 14.3 Å². The van der Waals surface area contributed by atoms with Crippen LogP contribution in [0, 0.1) is 4.77 Å². The summed E-state index contributed by atoms with van der Waals surface area (Å²) in [4.78, 5) is 14.2. The first kappa shape index (κ1) is 23.3. The third-order valence-electron chi connectivity index (χ3n) is 5.51. The van der Waals surface area contributed by atoms with Gasteiger partial charge in [0.25, 0.3) is 0 Å². The number of benzene rings is 2. The Bertz CT molecular complexity index is 1270. The summed E-state index contributed by atoms with van der Waals surface area (Å²) < 4.78 is 27.5. The van der Waals surface area contributed by atoms with Gasteiger partial charge in [0.2, 0.25) is 10.7 Å². The van der Waals surface area contributed by atoms with E-state index in [2.05, 4.69) is 17.4 Å². The van der Waals surface area contributed by atoms with Crippen molar-refractivity contribution in [1.29, 1.82) is 0 Å². The van der Waals surface area contributed by atoms with E-state index in [1.165, 1.54) is 0 Å². The van der Waals surface area contributed by atoms with E-state index in [1.54, 1.807) is 4.68 Å². The summed E-state index contributed by atoms with van der Waals surface area (Å²) in [6, 6.07) is 19.6. The molecule has 1 unspecified atom stereocenters. The molecule has 3 aromatic rings. The zero-order valence-corrected chi connectivity index (χ0v) is 20.1. The Morgan fingerprint density at radius 3 is 2.45 bits per heavy atom. The van der Waals surface area contributed by atoms with Gasteiger partial charge in [0.1, 0.15) is 5.82 Å². The van der Waals surface area contributed by atoms with Gasteiger partial charge in [0.05, 0.1) is 24.7 Å². The number of nitrogens with one attached hydrogen (secondary N) is 1. The van der Waals surface area contributed by atoms with Gasteiger partial charge in [-0.25, -0.2) is 13.1 Å². The standard InChI is InChI=1S/C23H27N5O3S2/c1-26(15-22(29)24-19-12-13-33(30,31)16-19)17-27-23(32)28(20-10-6-3-7-11-20)21(25-27)14-18-8-4-2-5-9-18/h2-11,19H,12-17H2,1H3,(H,24,29). The van der Waals surface area contributed by atoms with Crippen LogP contribution in [0.3, 0.4) is 0 Å². The maximum absolute atomic E-state index is 12.4. The zero-order valence-electron chi connectivity index (χ0n) is 18.4. The SMILES string of the molecule is CN(CC(=O)NC1CCS(=O)(=O)C1)Cn1nc(Cc2ccccc2)n(-c2ccccc2)c1=S. The normalized spacial score (nSPS) is 17.3. The number of para-hydroxylation sites is 1. The molecule has 33 heavy (non-hydrogen) atoms. The summed E-state index contributed by atoms with van der Waals surface area (Å²) in [5.74, 6) is 0.742. The minimum absolute atomic E-state index is 0.0117. The molecule has 1 N–H and O–H groups in total. The largest absolute Gasteiger partial charge is 0.351 e. The molecule has 10 heteroatoms. The fourth-order valence-electron chi connectivity index (χ4n) is 3.98. The fraction of sp³-hybridized carbons (Fsp3) is 0.348. The van der Waals surface area contributed by atoms with Gasteiger partial charge in [0, 0.05) is 18.2 Å². The van der Waals surface area contributed by atoms with E-state index in [-0.39, 0.29) is 30.0 Å². The first-order chi connectivity index (χ1) is 15.8. The maximum Gasteiger partial charge on any atom is 0.234 e. The molecular weight excluding hydrogens is 458 g/mol. The average Bonchev–Trinajstić information content (AvgIpc) is 3.27. The molecule has 1 aliphatic heterocycles. The van der Waals surface area contributed by atoms with Crippen LogP contribution in [-0.4, -0.2) is 64.7 Å². The molecule has 174 valence electrons. The van der Waals surface area contributed by atoms with Gasteiger partial charge in [0.15, 0.2) is 9.84 Å². The monoisotopic (exact) mass is 485 g/mol. The molecule has 1 saturated heterocycles. The van der Waals surface area contributed by atoms with Crippen LogP contribution < -0.4 is 5.32 Å². The molecule has 4 rings (SSSR count). The number of aromatic nitrogens is 3. The van der Waals surface area contributed by atoms with Crippen molar-refractivity contribution in [2.45, 2.75) is 25.6 Å². The third-order valence-corrected chi connectivity index (χ3v) is 7.67. The van der Waals surface area contributed by atoms with E-state index in [0.717, 1.165) is 17.1 Å². The maximum atomic E-state index is 12.4. The van der Waals surface area contributed by atoms with Crippen molar-refractivity contribution >= 4 is 28.0 Å². The van der Waals surface area contributed by atoms with Crippen LogP contribution in [0.1, 0.15) is 17.8 Å². The lowest BCUT2D eigenvalue weighted by Crippen LogP contribution is -2.42. The van der Waals surface area contributed by atoms with Gasteiger partial charge in [-0.15, -0.1) is 0 Å². The van der Waals surface area contributed by atoms with Crippen molar-refractivity contribution in [2.24, 2.45) is 0 Å². The van der Waals surface area contributed by atoms with Crippen LogP contribution in [0.2, 0.25) is 0 Å². The first-order valence-corrected chi connectivity index (χ1v) is 13.0. The van der Waals surface area contributed by atoms with Gasteiger partial charge in [-0.05, 0) is 43.4 Å². The van der Waals surface area contributed by atoms with Crippen molar-refractivity contribution in [2.75, 3.05) is 25.1 Å². The summed E-state index contributed by atoms with van der Waals surface area (Å²) in [7, 11) is -1.23. The topological polar surface area (TPSA) is 89.2 Å². The highest BCUT2D eigenvalue weighted by molar-refractivity contribution is 7.91. The van der Waals surface area contributed by atoms with E-state index < -0.39 is 9.84 Å². The molecule has 0 spiro atoms. The van der Waals surface area contributed by atoms with E-state index in [4.69, 9.17) is 17.3 Å². The van der Waals surface area contributed by atoms with Crippen molar-refractivity contribution in [3.8, 4) is 5.69 Å². The molecule has 1 atom stereocenters. The lowest BCUT2D eigenvalue weighted by molar-refractivity contribution is -0.122. The lowest BCUT2D eigenvalue weighted by atomic mass is 10.1. The van der Waals surface area contributed by atoms with Crippen molar-refractivity contribution in [3.63, 3.8) is 0 Å². The Morgan fingerprint density at radius 1 is 1.15 bits per heavy atom. The second-order valence-corrected chi connectivity index (χ2v) is 10.9. The predicted molar refractivity (Wildman–Crippen MR) is 129 cm³/mol. The quantitative estimate of drug-likeness (QED) is 0.492. The second-order valence-electron chi connectivity index (χ2n) is 8.35. The predicted octanol–water partition coefficient (Wildman–Crippen LogP) is 2.19. The number of amides is 1. The number of carbonyl (C=O) groups excluding carboxylic acids is 1. The fourth-order valence-corrected chi connectivity index (χ4v) is 5.96. The molecule has 0 bridgehead atoms. The molecule has 1 amide bonds. The molecule has 0 radical (unpaired) electrons. The van der Waals surface area contributed by atoms with Crippen LogP contribution in [-0.2, 0) is 27.7 Å². The van der Waals surface area contributed by atoms with E-state index in [9.17, 15) is 13.2 Å². The van der Waals surface area contributed by atoms with Crippen LogP contribution in [0.4, 0.5) is 0 Å². The molecule has 0 aliphatic carbocycles. The number of hydrogen-bond acceptors (Lipinski definition) is 6. The Balaban J connectivity index is 1.50. The highest BCUT2D eigenvalue weighted by atomic mass is 32.2. The van der Waals surface area contributed by atoms with Crippen LogP contribution in [0.15, 0.2) is 60.7 Å². The third kappa shape index (κ3) is 5.95. The Morgan fingerprint density at radius 2 is 1.82 bits per heavy atom. The number of nitrogens with zero attached hydrogens (tertiary/aromatic N) is 4. The number of hydrogen-bond donors (Lipinski definition) is 1. The average molecular weight is 486 g/mol. The van der Waals surface area contributed by atoms with Crippen molar-refractivity contribution < 1.29 is 13.2 Å². The molecule has 8 nitrogen and oxygen atoms in total. The van der Waals surface area contributed by atoms with Crippen LogP contribution in [0.5, 0.6) is 0 Å². The number of rotatable bonds is 8. The van der Waals surface area contributed by atoms with Gasteiger partial charge >= 0.3 is 0 Å². The molecular formula is C23H27N5O3S2. The molecule has 2 heterocycles. The highest BCUT2D eigenvalue weighted by Crippen LogP contribution is 2.16. The zero-order chi connectivity index (χ0) is 23.4. The summed E-state index contributed by atoms with van der Waals surface area (Å²) in [6.07, 6.45) is 1.08. The van der Waals surface area contributed by atoms with Crippen LogP contribution >= 0.6 is 12.2 Å². The number of carbonyl (C=O) groups is 1. The summed E-state index contributed by atoms with van der Waals surface area (Å²) >= 11 is 5.75. The van der Waals surface area contributed by atoms with Crippen LogP contribution in [0.25, 0.3) is 5.69 Å². The van der Waals surface area contributed by atoms with Gasteiger partial charge < -0.3 is 5.32 Å². The summed E-state index contributed by atoms with van der Waals surface area (Å²) in [6.45, 7) is 0.446. The Kier molecular flexibility index (Phi) is 7.06. The molecule has 2 aromatic carbocycles. The number of likely N-dealkylation sites (N-methyl/N-ethyl adjacent to an activating group) is 1. The Labute approximate surface area is 198 Å². The van der Waals surface area contributed by atoms with E-state index in [0.29, 0.717) is 24.3 Å². The summed E-state index contributed by atoms with van der Waals surface area (Å²) in [5, 5.41) is 7.59. The number of sulfone groups is 1. The smallest absolute Gasteiger partial charge is 0.234 e. The summed E-state index contributed by atoms with van der Waals surface area (Å²) in [5.41, 5.74) is 2.06. The lowest BCUT2D eigenvalue weighted by Gasteiger charge is -2.18. The molecule has 1 fully saturated rings. The van der Waals surface area contributed by atoms with E-state index >= 15 is 0 Å². The minimum Gasteiger partial charge on any atom is -0.351 e. The van der Waals surface area contributed by atoms with Gasteiger partial charge in [-0.1, -0.05) is 48.5 Å². The van der Waals surface area contributed by atoms with Crippen molar-refractivity contribution in [1.82, 2.24) is 24.6 Å². The molecule has 1 aliphatic rings. The highest BCUT2D eigenvalue weighted by Gasteiger charge is 2.29. The molecule has 0 saturated carbocycles. The minimum atomic E-state index is -3.04. The first-order valence-electron chi connectivity index (χ1n) is 10.8.